The van der Waals surface area contributed by atoms with Crippen molar-refractivity contribution in [2.45, 2.75) is 34.4 Å². The van der Waals surface area contributed by atoms with Crippen molar-refractivity contribution in [3.63, 3.8) is 0 Å². The number of tetrazole rings is 1. The van der Waals surface area contributed by atoms with Crippen molar-refractivity contribution in [2.75, 3.05) is 18.6 Å². The number of β-lactam (4-membered cyclic amide) rings is 1. The zero-order chi connectivity index (χ0) is 41.6. The molecule has 1 unspecified atom stereocenters. The highest BCUT2D eigenvalue weighted by atomic mass is 32.2. The van der Waals surface area contributed by atoms with Gasteiger partial charge in [0.15, 0.2) is 18.1 Å². The maximum absolute atomic E-state index is 14.7. The molecule has 0 bridgehead atoms. The van der Waals surface area contributed by atoms with Crippen molar-refractivity contribution >= 4 is 58.6 Å². The molecule has 2 aromatic heterocycles. The van der Waals surface area contributed by atoms with Gasteiger partial charge >= 0.3 is 11.9 Å². The van der Waals surface area contributed by atoms with Crippen LogP contribution in [0.4, 0.5) is 0 Å². The van der Waals surface area contributed by atoms with Crippen LogP contribution in [0.2, 0.25) is 0 Å². The van der Waals surface area contributed by atoms with E-state index in [4.69, 9.17) is 14.2 Å². The number of ether oxygens (including phenoxy) is 3. The van der Waals surface area contributed by atoms with Gasteiger partial charge in [0, 0.05) is 30.5 Å². The van der Waals surface area contributed by atoms with Crippen LogP contribution >= 0.6 is 34.9 Å². The first kappa shape index (κ1) is 40.7. The molecule has 1 N–H and O–H groups in total. The molecule has 4 heterocycles. The molecule has 13 nitrogen and oxygen atoms in total. The van der Waals surface area contributed by atoms with Gasteiger partial charge in [-0.25, -0.2) is 9.48 Å². The number of nitrogens with one attached hydrogen (secondary N) is 1. The Balaban J connectivity index is 1.10. The third-order valence-corrected chi connectivity index (χ3v) is 13.5. The number of thiophene rings is 1. The summed E-state index contributed by atoms with van der Waals surface area (Å²) in [6.45, 7) is 0. The van der Waals surface area contributed by atoms with Gasteiger partial charge in [0.25, 0.3) is 11.6 Å². The minimum absolute atomic E-state index is 0.0351. The molecule has 0 saturated carbocycles. The minimum Gasteiger partial charge on any atom is -0.452 e. The fraction of sp³-hybridized carbons (Fsp3) is 0.205. The number of aryl methyl sites for hydroxylation is 1. The molecule has 1 fully saturated rings. The van der Waals surface area contributed by atoms with E-state index < -0.39 is 53.0 Å². The number of amides is 2. The maximum Gasteiger partial charge on any atom is 0.356 e. The number of nitrogens with zero attached hydrogens (tertiary/aromatic N) is 5. The Morgan fingerprint density at radius 1 is 0.817 bits per heavy atom. The van der Waals surface area contributed by atoms with E-state index in [2.05, 4.69) is 20.8 Å². The molecule has 2 aliphatic heterocycles. The Labute approximate surface area is 358 Å². The summed E-state index contributed by atoms with van der Waals surface area (Å²) in [5, 5.41) is 15.9. The van der Waals surface area contributed by atoms with Gasteiger partial charge in [-0.3, -0.25) is 19.3 Å². The van der Waals surface area contributed by atoms with Crippen LogP contribution in [0.25, 0.3) is 0 Å². The van der Waals surface area contributed by atoms with Crippen LogP contribution in [0.5, 0.6) is 0 Å². The number of hydrogen-bond donors (Lipinski definition) is 1. The van der Waals surface area contributed by atoms with Crippen LogP contribution in [0.3, 0.4) is 0 Å². The van der Waals surface area contributed by atoms with E-state index in [-0.39, 0.29) is 17.2 Å². The van der Waals surface area contributed by atoms with E-state index in [1.165, 1.54) is 51.6 Å². The molecular weight excluding hydrogens is 821 g/mol. The SMILES string of the molecule is CO[C@@]1(NC(=O)C(C(=O)OC(c2ccccc2)c2ccccc2)c2cccs2)C(=O)N2C(C(=O)OC(c3ccccc3)c3ccccc3)=C(CSc3nnnn3C)CS[C@H]21. The second kappa shape index (κ2) is 18.0. The lowest BCUT2D eigenvalue weighted by Crippen LogP contribution is -2.81. The molecular formula is C44H38N6O7S3. The lowest BCUT2D eigenvalue weighted by molar-refractivity contribution is -0.194. The molecule has 0 aliphatic carbocycles. The third kappa shape index (κ3) is 8.10. The summed E-state index contributed by atoms with van der Waals surface area (Å²) in [5.74, 6) is -3.97. The largest absolute Gasteiger partial charge is 0.452 e. The number of esters is 2. The number of fused-ring (bicyclic) bond motifs is 1. The van der Waals surface area contributed by atoms with Crippen LogP contribution in [-0.2, 0) is 40.4 Å². The van der Waals surface area contributed by atoms with E-state index in [0.29, 0.717) is 15.6 Å². The van der Waals surface area contributed by atoms with Gasteiger partial charge in [-0.2, -0.15) is 0 Å². The molecule has 8 rings (SSSR count). The first-order valence-corrected chi connectivity index (χ1v) is 21.7. The summed E-state index contributed by atoms with van der Waals surface area (Å²) in [6, 6.07) is 40.6. The fourth-order valence-electron chi connectivity index (χ4n) is 7.12. The lowest BCUT2D eigenvalue weighted by atomic mass is 9.96. The number of hydrogen-bond acceptors (Lipinski definition) is 13. The highest BCUT2D eigenvalue weighted by Crippen LogP contribution is 2.48. The van der Waals surface area contributed by atoms with Crippen molar-refractivity contribution < 1.29 is 33.4 Å². The van der Waals surface area contributed by atoms with Gasteiger partial charge in [-0.1, -0.05) is 139 Å². The van der Waals surface area contributed by atoms with E-state index in [1.54, 1.807) is 24.6 Å². The van der Waals surface area contributed by atoms with E-state index in [9.17, 15) is 19.2 Å². The van der Waals surface area contributed by atoms with Crippen LogP contribution in [-0.4, -0.2) is 78.6 Å². The smallest absolute Gasteiger partial charge is 0.356 e. The second-order valence-corrected chi connectivity index (χ2v) is 16.8. The summed E-state index contributed by atoms with van der Waals surface area (Å²) in [5.41, 5.74) is 1.61. The van der Waals surface area contributed by atoms with Crippen molar-refractivity contribution in [3.8, 4) is 0 Å². The fourth-order valence-corrected chi connectivity index (χ4v) is 10.4. The zero-order valence-electron chi connectivity index (χ0n) is 32.3. The van der Waals surface area contributed by atoms with Crippen molar-refractivity contribution in [1.82, 2.24) is 30.4 Å². The van der Waals surface area contributed by atoms with Crippen LogP contribution < -0.4 is 5.32 Å². The average molecular weight is 859 g/mol. The van der Waals surface area contributed by atoms with Crippen LogP contribution in [0.1, 0.15) is 45.3 Å². The normalized spacial score (nSPS) is 17.8. The van der Waals surface area contributed by atoms with Crippen molar-refractivity contribution in [2.24, 2.45) is 7.05 Å². The molecule has 16 heteroatoms. The van der Waals surface area contributed by atoms with Gasteiger partial charge in [0.05, 0.1) is 0 Å². The summed E-state index contributed by atoms with van der Waals surface area (Å²) in [6.07, 6.45) is -1.61. The monoisotopic (exact) mass is 858 g/mol. The van der Waals surface area contributed by atoms with Crippen molar-refractivity contribution in [3.05, 3.63) is 177 Å². The molecule has 6 aromatic rings. The zero-order valence-corrected chi connectivity index (χ0v) is 34.8. The topological polar surface area (TPSA) is 155 Å². The maximum atomic E-state index is 14.7. The van der Waals surface area contributed by atoms with Crippen LogP contribution in [0, 0.1) is 0 Å². The average Bonchev–Trinajstić information content (AvgIpc) is 3.98. The number of rotatable bonds is 15. The molecule has 304 valence electrons. The highest BCUT2D eigenvalue weighted by Gasteiger charge is 2.67. The Hall–Kier alpha value is -6.07. The predicted octanol–water partition coefficient (Wildman–Crippen LogP) is 6.44. The van der Waals surface area contributed by atoms with Gasteiger partial charge in [-0.05, 0) is 49.7 Å². The Kier molecular flexibility index (Phi) is 12.2. The summed E-state index contributed by atoms with van der Waals surface area (Å²) in [4.78, 5) is 59.8. The molecule has 0 spiro atoms. The van der Waals surface area contributed by atoms with Crippen molar-refractivity contribution in [1.29, 1.82) is 0 Å². The van der Waals surface area contributed by atoms with E-state index >= 15 is 0 Å². The predicted molar refractivity (Wildman–Crippen MR) is 226 cm³/mol. The second-order valence-electron chi connectivity index (χ2n) is 13.8. The molecule has 60 heavy (non-hydrogen) atoms. The standard InChI is InChI=1S/C44H38N6O7S3/c1-49-43(46-47-48-49)60-27-32-26-59-42-44(55-2,41(54)50(42)35(32)40(53)57-37(30-20-11-5-12-21-30)31-22-13-6-14-23-31)45-38(51)34(33-24-15-25-58-33)39(52)56-36(28-16-7-3-8-17-28)29-18-9-4-10-19-29/h3-25,34,36-37,42H,26-27H2,1-2H3,(H,45,51)/t34?,42-,44-/m0/s1. The summed E-state index contributed by atoms with van der Waals surface area (Å²) >= 11 is 3.82. The van der Waals surface area contributed by atoms with Gasteiger partial charge < -0.3 is 19.5 Å². The summed E-state index contributed by atoms with van der Waals surface area (Å²) in [7, 11) is 3.02. The first-order valence-electron chi connectivity index (χ1n) is 18.8. The quantitative estimate of drug-likeness (QED) is 0.0397. The number of thioether (sulfide) groups is 2. The number of benzene rings is 4. The molecule has 2 amide bonds. The van der Waals surface area contributed by atoms with E-state index in [1.807, 2.05) is 121 Å². The Morgan fingerprint density at radius 2 is 1.37 bits per heavy atom. The number of carbonyl (C=O) groups excluding carboxylic acids is 4. The first-order chi connectivity index (χ1) is 29.3. The number of aromatic nitrogens is 4. The van der Waals surface area contributed by atoms with E-state index in [0.717, 1.165) is 22.3 Å². The van der Waals surface area contributed by atoms with Gasteiger partial charge in [-0.15, -0.1) is 28.2 Å². The molecule has 1 saturated heterocycles. The van der Waals surface area contributed by atoms with Gasteiger partial charge in [0.2, 0.25) is 11.1 Å². The number of methoxy groups -OCH3 is 1. The lowest BCUT2D eigenvalue weighted by Gasteiger charge is -2.56. The number of carbonyl (C=O) groups is 4. The Morgan fingerprint density at radius 3 is 1.85 bits per heavy atom. The van der Waals surface area contributed by atoms with Crippen LogP contribution in [0.15, 0.2) is 155 Å². The minimum atomic E-state index is -1.94. The summed E-state index contributed by atoms with van der Waals surface area (Å²) < 4.78 is 19.9. The molecule has 3 atom stereocenters. The Bertz CT molecular complexity index is 2410. The molecule has 0 radical (unpaired) electrons. The third-order valence-electron chi connectivity index (χ3n) is 10.1. The highest BCUT2D eigenvalue weighted by molar-refractivity contribution is 8.01. The molecule has 2 aliphatic rings. The van der Waals surface area contributed by atoms with Gasteiger partial charge in [0.1, 0.15) is 11.1 Å². The molecule has 4 aromatic carbocycles.